The molecule has 0 radical (unpaired) electrons. The Bertz CT molecular complexity index is 597. The molecule has 1 aromatic carbocycles. The van der Waals surface area contributed by atoms with Gasteiger partial charge >= 0.3 is 6.03 Å². The number of nitrogens with one attached hydrogen (secondary N) is 1. The van der Waals surface area contributed by atoms with Gasteiger partial charge in [0.25, 0.3) is 0 Å². The van der Waals surface area contributed by atoms with Gasteiger partial charge in [-0.15, -0.1) is 0 Å². The summed E-state index contributed by atoms with van der Waals surface area (Å²) >= 11 is 5.85. The van der Waals surface area contributed by atoms with Crippen LogP contribution >= 0.6 is 11.6 Å². The fraction of sp³-hybridized carbons (Fsp3) is 0.333. The van der Waals surface area contributed by atoms with Crippen molar-refractivity contribution < 1.29 is 4.79 Å². The number of carbonyl (C=O) groups excluding carboxylic acids is 1. The van der Waals surface area contributed by atoms with E-state index < -0.39 is 0 Å². The topological polar surface area (TPSA) is 50.2 Å². The first-order chi connectivity index (χ1) is 10.2. The number of likely N-dealkylation sites (tertiary alicyclic amines) is 1. The third kappa shape index (κ3) is 3.36. The molecule has 2 aromatic rings. The van der Waals surface area contributed by atoms with Crippen LogP contribution in [0.2, 0.25) is 5.02 Å². The number of benzene rings is 1. The number of halogens is 1. The van der Waals surface area contributed by atoms with Crippen LogP contribution in [0.25, 0.3) is 0 Å². The van der Waals surface area contributed by atoms with Gasteiger partial charge in [-0.3, -0.25) is 4.68 Å². The quantitative estimate of drug-likeness (QED) is 0.946. The first-order valence-electron chi connectivity index (χ1n) is 7.03. The Hall–Kier alpha value is -2.01. The molecule has 1 saturated heterocycles. The average molecular weight is 305 g/mol. The molecule has 0 bridgehead atoms. The monoisotopic (exact) mass is 304 g/mol. The fourth-order valence-electron chi connectivity index (χ4n) is 2.65. The molecular formula is C15H17ClN4O. The average Bonchev–Trinajstić information content (AvgIpc) is 3.13. The largest absolute Gasteiger partial charge is 0.322 e. The van der Waals surface area contributed by atoms with E-state index in [2.05, 4.69) is 10.4 Å². The number of hydrogen-bond donors (Lipinski definition) is 1. The number of aromatic nitrogens is 2. The van der Waals surface area contributed by atoms with Crippen LogP contribution in [-0.4, -0.2) is 33.3 Å². The lowest BCUT2D eigenvalue weighted by Crippen LogP contribution is -2.40. The van der Waals surface area contributed by atoms with E-state index in [4.69, 9.17) is 11.6 Å². The molecule has 1 aliphatic heterocycles. The number of anilines is 1. The highest BCUT2D eigenvalue weighted by Gasteiger charge is 2.29. The Morgan fingerprint density at radius 1 is 1.38 bits per heavy atom. The lowest BCUT2D eigenvalue weighted by atomic mass is 10.2. The van der Waals surface area contributed by atoms with Gasteiger partial charge in [-0.1, -0.05) is 11.6 Å². The maximum absolute atomic E-state index is 12.4. The second-order valence-electron chi connectivity index (χ2n) is 5.15. The van der Waals surface area contributed by atoms with Crippen molar-refractivity contribution in [1.29, 1.82) is 0 Å². The van der Waals surface area contributed by atoms with Crippen molar-refractivity contribution >= 4 is 23.3 Å². The van der Waals surface area contributed by atoms with Crippen molar-refractivity contribution in [2.45, 2.75) is 25.4 Å². The predicted octanol–water partition coefficient (Wildman–Crippen LogP) is 3.23. The summed E-state index contributed by atoms with van der Waals surface area (Å²) in [5.41, 5.74) is 0.758. The minimum absolute atomic E-state index is 0.0630. The molecule has 3 rings (SSSR count). The zero-order valence-corrected chi connectivity index (χ0v) is 12.3. The lowest BCUT2D eigenvalue weighted by molar-refractivity contribution is 0.199. The van der Waals surface area contributed by atoms with Crippen LogP contribution in [0.1, 0.15) is 12.8 Å². The lowest BCUT2D eigenvalue weighted by Gasteiger charge is -2.25. The van der Waals surface area contributed by atoms with Gasteiger partial charge in [0.15, 0.2) is 0 Å². The van der Waals surface area contributed by atoms with E-state index in [1.54, 1.807) is 30.5 Å². The van der Waals surface area contributed by atoms with Crippen LogP contribution in [0, 0.1) is 0 Å². The molecule has 2 heterocycles. The molecule has 110 valence electrons. The van der Waals surface area contributed by atoms with Gasteiger partial charge in [-0.2, -0.15) is 5.10 Å². The highest BCUT2D eigenvalue weighted by molar-refractivity contribution is 6.30. The minimum atomic E-state index is -0.0630. The molecule has 0 aliphatic carbocycles. The Labute approximate surface area is 128 Å². The number of rotatable bonds is 3. The van der Waals surface area contributed by atoms with Crippen molar-refractivity contribution in [2.24, 2.45) is 0 Å². The second kappa shape index (κ2) is 6.18. The summed E-state index contributed by atoms with van der Waals surface area (Å²) in [6, 6.07) is 9.17. The second-order valence-corrected chi connectivity index (χ2v) is 5.59. The number of carbonyl (C=O) groups is 1. The van der Waals surface area contributed by atoms with Crippen molar-refractivity contribution in [2.75, 3.05) is 11.9 Å². The summed E-state index contributed by atoms with van der Waals surface area (Å²) in [5.74, 6) is 0. The van der Waals surface area contributed by atoms with E-state index in [1.165, 1.54) is 0 Å². The minimum Gasteiger partial charge on any atom is -0.320 e. The van der Waals surface area contributed by atoms with Crippen LogP contribution < -0.4 is 5.32 Å². The van der Waals surface area contributed by atoms with Crippen LogP contribution in [0.15, 0.2) is 42.7 Å². The molecule has 6 heteroatoms. The molecule has 2 amide bonds. The molecule has 1 aliphatic rings. The molecular weight excluding hydrogens is 288 g/mol. The maximum Gasteiger partial charge on any atom is 0.322 e. The van der Waals surface area contributed by atoms with Gasteiger partial charge in [-0.25, -0.2) is 4.79 Å². The third-order valence-electron chi connectivity index (χ3n) is 3.69. The number of urea groups is 1. The van der Waals surface area contributed by atoms with Crippen LogP contribution in [0.4, 0.5) is 10.5 Å². The molecule has 1 N–H and O–H groups in total. The highest BCUT2D eigenvalue weighted by atomic mass is 35.5. The van der Waals surface area contributed by atoms with E-state index in [-0.39, 0.29) is 12.1 Å². The normalized spacial score (nSPS) is 18.0. The number of hydrogen-bond acceptors (Lipinski definition) is 2. The SMILES string of the molecule is O=C(Nc1ccc(Cl)cc1)N1CCC[C@H]1Cn1cccn1. The smallest absolute Gasteiger partial charge is 0.320 e. The van der Waals surface area contributed by atoms with Gasteiger partial charge in [0, 0.05) is 29.6 Å². The van der Waals surface area contributed by atoms with Crippen LogP contribution in [-0.2, 0) is 6.54 Å². The first kappa shape index (κ1) is 13.9. The first-order valence-corrected chi connectivity index (χ1v) is 7.41. The molecule has 0 saturated carbocycles. The highest BCUT2D eigenvalue weighted by Crippen LogP contribution is 2.21. The van der Waals surface area contributed by atoms with Crippen LogP contribution in [0.5, 0.6) is 0 Å². The summed E-state index contributed by atoms with van der Waals surface area (Å²) in [4.78, 5) is 14.3. The van der Waals surface area contributed by atoms with E-state index in [0.29, 0.717) is 5.02 Å². The predicted molar refractivity (Wildman–Crippen MR) is 82.4 cm³/mol. The summed E-state index contributed by atoms with van der Waals surface area (Å²) in [6.07, 6.45) is 5.72. The van der Waals surface area contributed by atoms with E-state index in [1.807, 2.05) is 21.8 Å². The summed E-state index contributed by atoms with van der Waals surface area (Å²) < 4.78 is 1.87. The summed E-state index contributed by atoms with van der Waals surface area (Å²) in [6.45, 7) is 1.52. The van der Waals surface area contributed by atoms with Gasteiger partial charge in [0.1, 0.15) is 0 Å². The van der Waals surface area contributed by atoms with E-state index in [9.17, 15) is 4.79 Å². The Morgan fingerprint density at radius 3 is 2.90 bits per heavy atom. The summed E-state index contributed by atoms with van der Waals surface area (Å²) in [7, 11) is 0. The van der Waals surface area contributed by atoms with Gasteiger partial charge in [0.05, 0.1) is 12.6 Å². The zero-order valence-electron chi connectivity index (χ0n) is 11.6. The van der Waals surface area contributed by atoms with E-state index in [0.717, 1.165) is 31.6 Å². The molecule has 0 spiro atoms. The fourth-order valence-corrected chi connectivity index (χ4v) is 2.77. The Kier molecular flexibility index (Phi) is 4.10. The molecule has 21 heavy (non-hydrogen) atoms. The van der Waals surface area contributed by atoms with Crippen molar-refractivity contribution in [3.05, 3.63) is 47.7 Å². The number of nitrogens with zero attached hydrogens (tertiary/aromatic N) is 3. The summed E-state index contributed by atoms with van der Waals surface area (Å²) in [5, 5.41) is 7.79. The van der Waals surface area contributed by atoms with Gasteiger partial charge in [0.2, 0.25) is 0 Å². The van der Waals surface area contributed by atoms with Crippen molar-refractivity contribution in [1.82, 2.24) is 14.7 Å². The van der Waals surface area contributed by atoms with Gasteiger partial charge in [-0.05, 0) is 43.2 Å². The third-order valence-corrected chi connectivity index (χ3v) is 3.94. The molecule has 0 unspecified atom stereocenters. The Morgan fingerprint density at radius 2 is 2.19 bits per heavy atom. The van der Waals surface area contributed by atoms with Crippen molar-refractivity contribution in [3.63, 3.8) is 0 Å². The standard InChI is InChI=1S/C15H17ClN4O/c16-12-4-6-13(7-5-12)18-15(21)20-10-1-3-14(20)11-19-9-2-8-17-19/h2,4-9,14H,1,3,10-11H2,(H,18,21)/t14-/m0/s1. The Balaban J connectivity index is 1.64. The van der Waals surface area contributed by atoms with Crippen molar-refractivity contribution in [3.8, 4) is 0 Å². The van der Waals surface area contributed by atoms with Gasteiger partial charge < -0.3 is 10.2 Å². The molecule has 5 nitrogen and oxygen atoms in total. The van der Waals surface area contributed by atoms with E-state index >= 15 is 0 Å². The maximum atomic E-state index is 12.4. The molecule has 1 atom stereocenters. The van der Waals surface area contributed by atoms with Crippen LogP contribution in [0.3, 0.4) is 0 Å². The number of amides is 2. The zero-order chi connectivity index (χ0) is 14.7. The molecule has 1 fully saturated rings. The molecule has 1 aromatic heterocycles.